The van der Waals surface area contributed by atoms with E-state index in [1.165, 1.54) is 0 Å². The van der Waals surface area contributed by atoms with E-state index in [0.717, 1.165) is 17.3 Å². The van der Waals surface area contributed by atoms with Crippen LogP contribution < -0.4 is 5.73 Å². The van der Waals surface area contributed by atoms with Gasteiger partial charge in [0.25, 0.3) is 0 Å². The van der Waals surface area contributed by atoms with Gasteiger partial charge in [0.05, 0.1) is 5.75 Å². The lowest BCUT2D eigenvalue weighted by Crippen LogP contribution is -2.01. The Morgan fingerprint density at radius 2 is 2.16 bits per heavy atom. The van der Waals surface area contributed by atoms with Crippen LogP contribution >= 0.6 is 23.4 Å². The lowest BCUT2D eigenvalue weighted by molar-refractivity contribution is -0.133. The summed E-state index contributed by atoms with van der Waals surface area (Å²) in [4.78, 5) is 18.9. The maximum Gasteiger partial charge on any atom is 0.313 e. The molecule has 0 aliphatic rings. The van der Waals surface area contributed by atoms with E-state index in [4.69, 9.17) is 22.4 Å². The van der Waals surface area contributed by atoms with Crippen molar-refractivity contribution in [1.82, 2.24) is 9.97 Å². The van der Waals surface area contributed by atoms with Gasteiger partial charge in [-0.25, -0.2) is 9.97 Å². The van der Waals surface area contributed by atoms with Crippen molar-refractivity contribution < 1.29 is 9.90 Å². The standard InChI is InChI=1S/C12H10ClN3O2S/c13-8-3-1-2-7(4-8)12-15-9(14)5-10(16-12)19-6-11(17)18/h1-5H,6H2,(H,17,18)(H2,14,15,16). The van der Waals surface area contributed by atoms with Crippen LogP contribution in [0.1, 0.15) is 0 Å². The van der Waals surface area contributed by atoms with Gasteiger partial charge in [-0.2, -0.15) is 0 Å². The average Bonchev–Trinajstić information content (AvgIpc) is 2.36. The van der Waals surface area contributed by atoms with E-state index in [-0.39, 0.29) is 11.6 Å². The number of aliphatic carboxylic acids is 1. The monoisotopic (exact) mass is 295 g/mol. The zero-order valence-corrected chi connectivity index (χ0v) is 11.3. The van der Waals surface area contributed by atoms with Gasteiger partial charge >= 0.3 is 5.97 Å². The Hall–Kier alpha value is -1.79. The highest BCUT2D eigenvalue weighted by atomic mass is 35.5. The normalized spacial score (nSPS) is 10.4. The summed E-state index contributed by atoms with van der Waals surface area (Å²) in [5.41, 5.74) is 6.43. The first-order valence-electron chi connectivity index (χ1n) is 5.29. The number of halogens is 1. The van der Waals surface area contributed by atoms with Crippen LogP contribution in [0.3, 0.4) is 0 Å². The molecule has 19 heavy (non-hydrogen) atoms. The maximum absolute atomic E-state index is 10.5. The molecule has 0 aliphatic heterocycles. The number of nitrogen functional groups attached to an aromatic ring is 1. The zero-order valence-electron chi connectivity index (χ0n) is 9.71. The molecule has 0 atom stereocenters. The highest BCUT2D eigenvalue weighted by molar-refractivity contribution is 7.99. The van der Waals surface area contributed by atoms with Crippen molar-refractivity contribution in [3.63, 3.8) is 0 Å². The topological polar surface area (TPSA) is 89.1 Å². The minimum absolute atomic E-state index is 0.0779. The molecule has 1 aromatic carbocycles. The van der Waals surface area contributed by atoms with Gasteiger partial charge in [0.1, 0.15) is 10.8 Å². The predicted octanol–water partition coefficient (Wildman–Crippen LogP) is 2.56. The Bertz CT molecular complexity index is 622. The molecule has 5 nitrogen and oxygen atoms in total. The number of carbonyl (C=O) groups is 1. The molecule has 0 saturated carbocycles. The van der Waals surface area contributed by atoms with Crippen molar-refractivity contribution in [3.8, 4) is 11.4 Å². The molecule has 3 N–H and O–H groups in total. The van der Waals surface area contributed by atoms with Crippen molar-refractivity contribution in [1.29, 1.82) is 0 Å². The first kappa shape index (κ1) is 13.6. The Morgan fingerprint density at radius 3 is 2.84 bits per heavy atom. The van der Waals surface area contributed by atoms with Crippen molar-refractivity contribution in [2.45, 2.75) is 5.03 Å². The van der Waals surface area contributed by atoms with E-state index in [1.807, 2.05) is 6.07 Å². The van der Waals surface area contributed by atoms with Crippen LogP contribution in [0.25, 0.3) is 11.4 Å². The Morgan fingerprint density at radius 1 is 1.37 bits per heavy atom. The van der Waals surface area contributed by atoms with E-state index in [9.17, 15) is 4.79 Å². The molecule has 0 radical (unpaired) electrons. The van der Waals surface area contributed by atoms with E-state index in [0.29, 0.717) is 15.9 Å². The molecule has 0 fully saturated rings. The van der Waals surface area contributed by atoms with Crippen molar-refractivity contribution in [2.75, 3.05) is 11.5 Å². The summed E-state index contributed by atoms with van der Waals surface area (Å²) < 4.78 is 0. The van der Waals surface area contributed by atoms with Crippen molar-refractivity contribution in [2.24, 2.45) is 0 Å². The number of benzene rings is 1. The molecule has 1 heterocycles. The average molecular weight is 296 g/mol. The predicted molar refractivity (Wildman–Crippen MR) is 75.3 cm³/mol. The number of thioether (sulfide) groups is 1. The quantitative estimate of drug-likeness (QED) is 0.665. The van der Waals surface area contributed by atoms with Gasteiger partial charge < -0.3 is 10.8 Å². The second kappa shape index (κ2) is 5.90. The van der Waals surface area contributed by atoms with E-state index >= 15 is 0 Å². The molecule has 0 amide bonds. The zero-order chi connectivity index (χ0) is 13.8. The van der Waals surface area contributed by atoms with Gasteiger partial charge in [0, 0.05) is 16.7 Å². The second-order valence-electron chi connectivity index (χ2n) is 3.65. The molecule has 0 aliphatic carbocycles. The highest BCUT2D eigenvalue weighted by Gasteiger charge is 2.08. The fourth-order valence-corrected chi connectivity index (χ4v) is 2.23. The molecule has 2 rings (SSSR count). The Labute approximate surface area is 118 Å². The van der Waals surface area contributed by atoms with Gasteiger partial charge in [0.15, 0.2) is 5.82 Å². The van der Waals surface area contributed by atoms with Crippen LogP contribution in [0.15, 0.2) is 35.4 Å². The number of hydrogen-bond acceptors (Lipinski definition) is 5. The van der Waals surface area contributed by atoms with Crippen LogP contribution in [-0.2, 0) is 4.79 Å². The lowest BCUT2D eigenvalue weighted by Gasteiger charge is -2.05. The summed E-state index contributed by atoms with van der Waals surface area (Å²) in [5.74, 6) is -0.273. The summed E-state index contributed by atoms with van der Waals surface area (Å²) >= 11 is 7.00. The summed E-state index contributed by atoms with van der Waals surface area (Å²) in [6, 6.07) is 8.61. The minimum Gasteiger partial charge on any atom is -0.481 e. The van der Waals surface area contributed by atoms with Crippen LogP contribution in [0, 0.1) is 0 Å². The van der Waals surface area contributed by atoms with E-state index in [1.54, 1.807) is 24.3 Å². The fraction of sp³-hybridized carbons (Fsp3) is 0.0833. The number of anilines is 1. The molecule has 1 aromatic heterocycles. The van der Waals surface area contributed by atoms with Crippen LogP contribution in [0.2, 0.25) is 5.02 Å². The number of nitrogens with zero attached hydrogens (tertiary/aromatic N) is 2. The lowest BCUT2D eigenvalue weighted by atomic mass is 10.2. The molecular formula is C12H10ClN3O2S. The number of nitrogens with two attached hydrogens (primary N) is 1. The number of rotatable bonds is 4. The van der Waals surface area contributed by atoms with E-state index in [2.05, 4.69) is 9.97 Å². The second-order valence-corrected chi connectivity index (χ2v) is 5.08. The number of aromatic nitrogens is 2. The van der Waals surface area contributed by atoms with Crippen molar-refractivity contribution in [3.05, 3.63) is 35.4 Å². The Kier molecular flexibility index (Phi) is 4.24. The molecule has 7 heteroatoms. The van der Waals surface area contributed by atoms with Crippen LogP contribution in [-0.4, -0.2) is 26.8 Å². The summed E-state index contributed by atoms with van der Waals surface area (Å²) in [6.07, 6.45) is 0. The molecule has 0 saturated heterocycles. The third kappa shape index (κ3) is 3.84. The van der Waals surface area contributed by atoms with E-state index < -0.39 is 5.97 Å². The van der Waals surface area contributed by atoms with Crippen LogP contribution in [0.4, 0.5) is 5.82 Å². The first-order valence-corrected chi connectivity index (χ1v) is 6.66. The van der Waals surface area contributed by atoms with Crippen molar-refractivity contribution >= 4 is 35.1 Å². The molecule has 0 bridgehead atoms. The fourth-order valence-electron chi connectivity index (χ4n) is 1.41. The molecule has 0 unspecified atom stereocenters. The van der Waals surface area contributed by atoms with Gasteiger partial charge in [-0.15, -0.1) is 0 Å². The largest absolute Gasteiger partial charge is 0.481 e. The molecule has 98 valence electrons. The number of carboxylic acids is 1. The maximum atomic E-state index is 10.5. The SMILES string of the molecule is Nc1cc(SCC(=O)O)nc(-c2cccc(Cl)c2)n1. The van der Waals surface area contributed by atoms with Gasteiger partial charge in [-0.1, -0.05) is 35.5 Å². The van der Waals surface area contributed by atoms with Gasteiger partial charge in [0.2, 0.25) is 0 Å². The molecular weight excluding hydrogens is 286 g/mol. The summed E-state index contributed by atoms with van der Waals surface area (Å²) in [5, 5.41) is 9.74. The Balaban J connectivity index is 2.33. The number of carboxylic acid groups (broad SMARTS) is 1. The summed E-state index contributed by atoms with van der Waals surface area (Å²) in [7, 11) is 0. The third-order valence-electron chi connectivity index (χ3n) is 2.15. The number of hydrogen-bond donors (Lipinski definition) is 2. The third-order valence-corrected chi connectivity index (χ3v) is 3.28. The van der Waals surface area contributed by atoms with Gasteiger partial charge in [-0.3, -0.25) is 4.79 Å². The molecule has 0 spiro atoms. The van der Waals surface area contributed by atoms with Gasteiger partial charge in [-0.05, 0) is 12.1 Å². The highest BCUT2D eigenvalue weighted by Crippen LogP contribution is 2.24. The molecule has 2 aromatic rings. The first-order chi connectivity index (χ1) is 9.04. The summed E-state index contributed by atoms with van der Waals surface area (Å²) in [6.45, 7) is 0. The van der Waals surface area contributed by atoms with Crippen LogP contribution in [0.5, 0.6) is 0 Å². The smallest absolute Gasteiger partial charge is 0.313 e. The minimum atomic E-state index is -0.911.